The Kier molecular flexibility index (Phi) is 5.59. The molecule has 3 unspecified atom stereocenters. The quantitative estimate of drug-likeness (QED) is 0.793. The van der Waals surface area contributed by atoms with Crippen LogP contribution in [0, 0.1) is 11.8 Å². The number of nitrogens with one attached hydrogen (secondary N) is 1. The minimum Gasteiger partial charge on any atom is -0.497 e. The summed E-state index contributed by atoms with van der Waals surface area (Å²) < 4.78 is 5.15. The lowest BCUT2D eigenvalue weighted by Gasteiger charge is -2.20. The monoisotopic (exact) mass is 358 g/mol. The molecule has 6 nitrogen and oxygen atoms in total. The van der Waals surface area contributed by atoms with Crippen LogP contribution < -0.4 is 10.1 Å². The van der Waals surface area contributed by atoms with E-state index in [1.54, 1.807) is 7.11 Å². The molecule has 1 saturated heterocycles. The highest BCUT2D eigenvalue weighted by Gasteiger charge is 2.48. The molecule has 1 aromatic carbocycles. The number of fused-ring (bicyclic) bond motifs is 1. The van der Waals surface area contributed by atoms with E-state index in [4.69, 9.17) is 4.74 Å². The predicted octanol–water partition coefficient (Wildman–Crippen LogP) is 2.44. The van der Waals surface area contributed by atoms with Crippen molar-refractivity contribution >= 4 is 17.7 Å². The molecular formula is C20H26N2O4. The van der Waals surface area contributed by atoms with Crippen LogP contribution in [0.25, 0.3) is 0 Å². The number of benzene rings is 1. The first-order valence-corrected chi connectivity index (χ1v) is 9.33. The van der Waals surface area contributed by atoms with Crippen LogP contribution in [0.3, 0.4) is 0 Å². The molecular weight excluding hydrogens is 332 g/mol. The molecule has 1 saturated carbocycles. The van der Waals surface area contributed by atoms with Crippen LogP contribution in [0.5, 0.6) is 5.75 Å². The van der Waals surface area contributed by atoms with Crippen molar-refractivity contribution in [2.24, 2.45) is 11.8 Å². The molecule has 0 aromatic heterocycles. The molecule has 1 heterocycles. The number of likely N-dealkylation sites (tertiary alicyclic amines) is 1. The standard InChI is InChI=1S/C20H26N2O4/c1-3-17(13-8-10-14(26-2)11-9-13)21-18(23)12-22-19(24)15-6-4-5-7-16(15)20(22)25/h8-11,15-17H,3-7,12H2,1-2H3,(H,21,23). The summed E-state index contributed by atoms with van der Waals surface area (Å²) in [5.74, 6) is -0.321. The number of ether oxygens (including phenoxy) is 1. The van der Waals surface area contributed by atoms with E-state index in [-0.39, 0.29) is 42.1 Å². The fraction of sp³-hybridized carbons (Fsp3) is 0.550. The van der Waals surface area contributed by atoms with Gasteiger partial charge < -0.3 is 10.1 Å². The van der Waals surface area contributed by atoms with Gasteiger partial charge in [0.1, 0.15) is 12.3 Å². The zero-order chi connectivity index (χ0) is 18.7. The van der Waals surface area contributed by atoms with Gasteiger partial charge in [-0.25, -0.2) is 0 Å². The second kappa shape index (κ2) is 7.89. The minimum absolute atomic E-state index is 0.163. The van der Waals surface area contributed by atoms with Crippen LogP contribution in [-0.2, 0) is 14.4 Å². The predicted molar refractivity (Wildman–Crippen MR) is 96.3 cm³/mol. The van der Waals surface area contributed by atoms with Gasteiger partial charge in [-0.3, -0.25) is 19.3 Å². The fourth-order valence-electron chi connectivity index (χ4n) is 4.03. The summed E-state index contributed by atoms with van der Waals surface area (Å²) >= 11 is 0. The van der Waals surface area contributed by atoms with E-state index in [9.17, 15) is 14.4 Å². The topological polar surface area (TPSA) is 75.7 Å². The van der Waals surface area contributed by atoms with Crippen LogP contribution in [0.1, 0.15) is 50.6 Å². The Labute approximate surface area is 153 Å². The number of amides is 3. The normalized spacial score (nSPS) is 23.5. The highest BCUT2D eigenvalue weighted by Crippen LogP contribution is 2.37. The van der Waals surface area contributed by atoms with Crippen molar-refractivity contribution in [3.63, 3.8) is 0 Å². The van der Waals surface area contributed by atoms with Gasteiger partial charge in [0.15, 0.2) is 0 Å². The molecule has 0 radical (unpaired) electrons. The van der Waals surface area contributed by atoms with Gasteiger partial charge in [-0.05, 0) is 37.0 Å². The van der Waals surface area contributed by atoms with Crippen molar-refractivity contribution in [3.05, 3.63) is 29.8 Å². The van der Waals surface area contributed by atoms with Gasteiger partial charge in [0.05, 0.1) is 25.0 Å². The highest BCUT2D eigenvalue weighted by atomic mass is 16.5. The molecule has 1 aromatic rings. The molecule has 140 valence electrons. The van der Waals surface area contributed by atoms with Crippen molar-refractivity contribution < 1.29 is 19.1 Å². The first-order chi connectivity index (χ1) is 12.5. The number of carbonyl (C=O) groups excluding carboxylic acids is 3. The molecule has 3 rings (SSSR count). The Balaban J connectivity index is 1.63. The fourth-order valence-corrected chi connectivity index (χ4v) is 4.03. The number of imide groups is 1. The zero-order valence-corrected chi connectivity index (χ0v) is 15.4. The maximum absolute atomic E-state index is 12.5. The first-order valence-electron chi connectivity index (χ1n) is 9.33. The summed E-state index contributed by atoms with van der Waals surface area (Å²) in [4.78, 5) is 38.6. The number of nitrogens with zero attached hydrogens (tertiary/aromatic N) is 1. The Morgan fingerprint density at radius 3 is 2.23 bits per heavy atom. The van der Waals surface area contributed by atoms with E-state index in [1.807, 2.05) is 31.2 Å². The van der Waals surface area contributed by atoms with Crippen molar-refractivity contribution in [1.29, 1.82) is 0 Å². The Morgan fingerprint density at radius 1 is 1.15 bits per heavy atom. The maximum Gasteiger partial charge on any atom is 0.240 e. The van der Waals surface area contributed by atoms with E-state index >= 15 is 0 Å². The average molecular weight is 358 g/mol. The molecule has 2 aliphatic rings. The summed E-state index contributed by atoms with van der Waals surface area (Å²) in [5, 5.41) is 2.94. The van der Waals surface area contributed by atoms with Crippen molar-refractivity contribution in [2.75, 3.05) is 13.7 Å². The van der Waals surface area contributed by atoms with Crippen LogP contribution in [0.2, 0.25) is 0 Å². The number of rotatable bonds is 6. The third-order valence-electron chi connectivity index (χ3n) is 5.50. The Hall–Kier alpha value is -2.37. The molecule has 1 N–H and O–H groups in total. The van der Waals surface area contributed by atoms with Crippen molar-refractivity contribution in [1.82, 2.24) is 10.2 Å². The van der Waals surface area contributed by atoms with Crippen molar-refractivity contribution in [2.45, 2.75) is 45.1 Å². The van der Waals surface area contributed by atoms with E-state index in [1.165, 1.54) is 0 Å². The SMILES string of the molecule is CCC(NC(=O)CN1C(=O)C2CCCCC2C1=O)c1ccc(OC)cc1. The van der Waals surface area contributed by atoms with Gasteiger partial charge in [-0.2, -0.15) is 0 Å². The van der Waals surface area contributed by atoms with Crippen LogP contribution in [-0.4, -0.2) is 36.3 Å². The summed E-state index contributed by atoms with van der Waals surface area (Å²) in [6, 6.07) is 7.36. The van der Waals surface area contributed by atoms with E-state index in [2.05, 4.69) is 5.32 Å². The molecule has 26 heavy (non-hydrogen) atoms. The molecule has 2 fully saturated rings. The number of hydrogen-bond acceptors (Lipinski definition) is 4. The Bertz CT molecular complexity index is 662. The summed E-state index contributed by atoms with van der Waals surface area (Å²) in [5.41, 5.74) is 0.967. The lowest BCUT2D eigenvalue weighted by Crippen LogP contribution is -2.42. The average Bonchev–Trinajstić information content (AvgIpc) is 2.91. The number of methoxy groups -OCH3 is 1. The van der Waals surface area contributed by atoms with E-state index < -0.39 is 0 Å². The molecule has 3 atom stereocenters. The Morgan fingerprint density at radius 2 is 1.73 bits per heavy atom. The summed E-state index contributed by atoms with van der Waals surface area (Å²) in [7, 11) is 1.61. The maximum atomic E-state index is 12.5. The highest BCUT2D eigenvalue weighted by molar-refractivity contribution is 6.07. The molecule has 0 spiro atoms. The molecule has 6 heteroatoms. The lowest BCUT2D eigenvalue weighted by atomic mass is 9.81. The molecule has 3 amide bonds. The number of carbonyl (C=O) groups is 3. The zero-order valence-electron chi connectivity index (χ0n) is 15.4. The second-order valence-corrected chi connectivity index (χ2v) is 7.06. The molecule has 1 aliphatic heterocycles. The van der Waals surface area contributed by atoms with Gasteiger partial charge in [-0.1, -0.05) is 31.9 Å². The summed E-state index contributed by atoms with van der Waals surface area (Å²) in [6.07, 6.45) is 4.20. The van der Waals surface area contributed by atoms with Crippen LogP contribution >= 0.6 is 0 Å². The molecule has 0 bridgehead atoms. The van der Waals surface area contributed by atoms with Gasteiger partial charge in [0, 0.05) is 0 Å². The third-order valence-corrected chi connectivity index (χ3v) is 5.50. The van der Waals surface area contributed by atoms with Gasteiger partial charge in [0.25, 0.3) is 0 Å². The van der Waals surface area contributed by atoms with Gasteiger partial charge in [0.2, 0.25) is 17.7 Å². The lowest BCUT2D eigenvalue weighted by molar-refractivity contribution is -0.143. The van der Waals surface area contributed by atoms with E-state index in [0.717, 1.165) is 41.9 Å². The van der Waals surface area contributed by atoms with Crippen LogP contribution in [0.15, 0.2) is 24.3 Å². The minimum atomic E-state index is -0.298. The second-order valence-electron chi connectivity index (χ2n) is 7.06. The largest absolute Gasteiger partial charge is 0.497 e. The number of hydrogen-bond donors (Lipinski definition) is 1. The third kappa shape index (κ3) is 3.59. The van der Waals surface area contributed by atoms with E-state index in [0.29, 0.717) is 6.42 Å². The van der Waals surface area contributed by atoms with Crippen LogP contribution in [0.4, 0.5) is 0 Å². The van der Waals surface area contributed by atoms with Gasteiger partial charge in [-0.15, -0.1) is 0 Å². The smallest absolute Gasteiger partial charge is 0.240 e. The molecule has 1 aliphatic carbocycles. The van der Waals surface area contributed by atoms with Crippen molar-refractivity contribution in [3.8, 4) is 5.75 Å². The first kappa shape index (κ1) is 18.4. The summed E-state index contributed by atoms with van der Waals surface area (Å²) in [6.45, 7) is 1.80. The van der Waals surface area contributed by atoms with Gasteiger partial charge >= 0.3 is 0 Å².